The first-order valence-electron chi connectivity index (χ1n) is 8.27. The second-order valence-corrected chi connectivity index (χ2v) is 6.86. The molecule has 1 fully saturated rings. The molecular weight excluding hydrogens is 375 g/mol. The van der Waals surface area contributed by atoms with Crippen molar-refractivity contribution < 1.29 is 0 Å². The van der Waals surface area contributed by atoms with Gasteiger partial charge in [0.15, 0.2) is 5.96 Å². The van der Waals surface area contributed by atoms with Gasteiger partial charge >= 0.3 is 0 Å². The number of aliphatic imine (C=N–C) groups is 1. The van der Waals surface area contributed by atoms with Gasteiger partial charge in [-0.1, -0.05) is 27.7 Å². The zero-order valence-corrected chi connectivity index (χ0v) is 16.6. The van der Waals surface area contributed by atoms with E-state index in [9.17, 15) is 0 Å². The number of rotatable bonds is 8. The lowest BCUT2D eigenvalue weighted by Gasteiger charge is -2.27. The molecule has 0 aromatic heterocycles. The van der Waals surface area contributed by atoms with Crippen LogP contribution in [-0.2, 0) is 0 Å². The highest BCUT2D eigenvalue weighted by atomic mass is 127. The summed E-state index contributed by atoms with van der Waals surface area (Å²) in [5.41, 5.74) is 5.96. The third-order valence-electron chi connectivity index (χ3n) is 3.90. The average molecular weight is 410 g/mol. The molecule has 0 saturated carbocycles. The average Bonchev–Trinajstić information content (AvgIpc) is 2.87. The largest absolute Gasteiger partial charge is 0.370 e. The number of hydrogen-bond acceptors (Lipinski definition) is 2. The molecule has 0 aromatic carbocycles. The molecule has 4 nitrogen and oxygen atoms in total. The molecule has 3 N–H and O–H groups in total. The standard InChI is InChI=1S/C16H34N4.HI/c1-13(2)7-8-18-16(17)19-12-15(11-14(3)4)20-9-5-6-10-20;/h13-15H,5-12H2,1-4H3,(H3,17,18,19);1H. The molecule has 0 spiro atoms. The van der Waals surface area contributed by atoms with Crippen molar-refractivity contribution in [3.8, 4) is 0 Å². The first kappa shape index (κ1) is 21.0. The summed E-state index contributed by atoms with van der Waals surface area (Å²) in [5.74, 6) is 2.03. The summed E-state index contributed by atoms with van der Waals surface area (Å²) < 4.78 is 0. The van der Waals surface area contributed by atoms with Crippen molar-refractivity contribution in [1.82, 2.24) is 10.2 Å². The summed E-state index contributed by atoms with van der Waals surface area (Å²) in [6, 6.07) is 0.558. The van der Waals surface area contributed by atoms with Crippen molar-refractivity contribution in [3.05, 3.63) is 0 Å². The number of halogens is 1. The van der Waals surface area contributed by atoms with Crippen LogP contribution in [0.3, 0.4) is 0 Å². The van der Waals surface area contributed by atoms with E-state index in [1.54, 1.807) is 0 Å². The highest BCUT2D eigenvalue weighted by Crippen LogP contribution is 2.18. The first-order valence-corrected chi connectivity index (χ1v) is 8.27. The predicted octanol–water partition coefficient (Wildman–Crippen LogP) is 3.07. The summed E-state index contributed by atoms with van der Waals surface area (Å²) in [6.07, 6.45) is 5.02. The van der Waals surface area contributed by atoms with Crippen molar-refractivity contribution >= 4 is 29.9 Å². The van der Waals surface area contributed by atoms with E-state index in [1.165, 1.54) is 32.4 Å². The van der Waals surface area contributed by atoms with E-state index in [0.717, 1.165) is 19.5 Å². The van der Waals surface area contributed by atoms with Crippen LogP contribution in [0.1, 0.15) is 53.4 Å². The van der Waals surface area contributed by atoms with Gasteiger partial charge in [-0.05, 0) is 50.6 Å². The molecule has 0 aliphatic carbocycles. The summed E-state index contributed by atoms with van der Waals surface area (Å²) in [7, 11) is 0. The second kappa shape index (κ2) is 11.5. The molecule has 0 aromatic rings. The van der Waals surface area contributed by atoms with E-state index < -0.39 is 0 Å². The lowest BCUT2D eigenvalue weighted by atomic mass is 10.0. The van der Waals surface area contributed by atoms with Crippen LogP contribution < -0.4 is 11.1 Å². The SMILES string of the molecule is CC(C)CCNC(N)=NCC(CC(C)C)N1CCCC1.I. The molecular formula is C16H35IN4. The van der Waals surface area contributed by atoms with Gasteiger partial charge in [0.05, 0.1) is 6.54 Å². The fourth-order valence-corrected chi connectivity index (χ4v) is 2.74. The number of likely N-dealkylation sites (tertiary alicyclic amines) is 1. The summed E-state index contributed by atoms with van der Waals surface area (Å²) in [4.78, 5) is 7.15. The topological polar surface area (TPSA) is 53.6 Å². The van der Waals surface area contributed by atoms with Crippen LogP contribution >= 0.6 is 24.0 Å². The molecule has 1 heterocycles. The summed E-state index contributed by atoms with van der Waals surface area (Å²) in [5, 5.41) is 3.22. The molecule has 0 bridgehead atoms. The zero-order chi connectivity index (χ0) is 15.0. The highest BCUT2D eigenvalue weighted by molar-refractivity contribution is 14.0. The van der Waals surface area contributed by atoms with Crippen molar-refractivity contribution in [2.24, 2.45) is 22.6 Å². The minimum absolute atomic E-state index is 0. The molecule has 1 aliphatic rings. The van der Waals surface area contributed by atoms with E-state index in [2.05, 4.69) is 42.9 Å². The minimum Gasteiger partial charge on any atom is -0.370 e. The number of hydrogen-bond donors (Lipinski definition) is 2. The Balaban J connectivity index is 0.00000400. The number of nitrogens with zero attached hydrogens (tertiary/aromatic N) is 2. The van der Waals surface area contributed by atoms with Crippen molar-refractivity contribution in [2.45, 2.75) is 59.4 Å². The molecule has 0 radical (unpaired) electrons. The van der Waals surface area contributed by atoms with Gasteiger partial charge in [-0.3, -0.25) is 9.89 Å². The molecule has 126 valence electrons. The maximum atomic E-state index is 5.96. The predicted molar refractivity (Wildman–Crippen MR) is 103 cm³/mol. The Hall–Kier alpha value is -0.0400. The normalized spacial score (nSPS) is 18.1. The van der Waals surface area contributed by atoms with Crippen LogP contribution in [0.4, 0.5) is 0 Å². The fraction of sp³-hybridized carbons (Fsp3) is 0.938. The molecule has 1 rings (SSSR count). The second-order valence-electron chi connectivity index (χ2n) is 6.86. The molecule has 5 heteroatoms. The van der Waals surface area contributed by atoms with Gasteiger partial charge in [-0.15, -0.1) is 24.0 Å². The zero-order valence-electron chi connectivity index (χ0n) is 14.3. The Kier molecular flexibility index (Phi) is 11.5. The molecule has 21 heavy (non-hydrogen) atoms. The third-order valence-corrected chi connectivity index (χ3v) is 3.90. The molecule has 1 aliphatic heterocycles. The smallest absolute Gasteiger partial charge is 0.188 e. The van der Waals surface area contributed by atoms with E-state index >= 15 is 0 Å². The van der Waals surface area contributed by atoms with E-state index in [0.29, 0.717) is 23.8 Å². The van der Waals surface area contributed by atoms with Crippen LogP contribution in [0.25, 0.3) is 0 Å². The summed E-state index contributed by atoms with van der Waals surface area (Å²) >= 11 is 0. The van der Waals surface area contributed by atoms with Crippen LogP contribution in [0.2, 0.25) is 0 Å². The maximum Gasteiger partial charge on any atom is 0.188 e. The van der Waals surface area contributed by atoms with Crippen LogP contribution in [0.5, 0.6) is 0 Å². The van der Waals surface area contributed by atoms with Crippen molar-refractivity contribution in [1.29, 1.82) is 0 Å². The number of nitrogens with one attached hydrogen (secondary N) is 1. The summed E-state index contributed by atoms with van der Waals surface area (Å²) in [6.45, 7) is 13.2. The molecule has 1 saturated heterocycles. The fourth-order valence-electron chi connectivity index (χ4n) is 2.74. The van der Waals surface area contributed by atoms with E-state index in [4.69, 9.17) is 5.73 Å². The highest BCUT2D eigenvalue weighted by Gasteiger charge is 2.22. The van der Waals surface area contributed by atoms with Gasteiger partial charge in [0.25, 0.3) is 0 Å². The molecule has 0 amide bonds. The molecule has 1 unspecified atom stereocenters. The monoisotopic (exact) mass is 410 g/mol. The van der Waals surface area contributed by atoms with E-state index in [-0.39, 0.29) is 24.0 Å². The van der Waals surface area contributed by atoms with Crippen LogP contribution in [0, 0.1) is 11.8 Å². The van der Waals surface area contributed by atoms with Gasteiger partial charge in [0, 0.05) is 12.6 Å². The lowest BCUT2D eigenvalue weighted by Crippen LogP contribution is -2.39. The minimum atomic E-state index is 0. The maximum absolute atomic E-state index is 5.96. The number of nitrogens with two attached hydrogens (primary N) is 1. The Bertz CT molecular complexity index is 286. The van der Waals surface area contributed by atoms with Gasteiger partial charge in [-0.25, -0.2) is 0 Å². The van der Waals surface area contributed by atoms with Crippen molar-refractivity contribution in [2.75, 3.05) is 26.2 Å². The Morgan fingerprint density at radius 2 is 1.76 bits per heavy atom. The van der Waals surface area contributed by atoms with Crippen LogP contribution in [-0.4, -0.2) is 43.1 Å². The Morgan fingerprint density at radius 3 is 2.29 bits per heavy atom. The van der Waals surface area contributed by atoms with Gasteiger partial charge in [0.2, 0.25) is 0 Å². The lowest BCUT2D eigenvalue weighted by molar-refractivity contribution is 0.218. The Labute approximate surface area is 148 Å². The first-order chi connectivity index (χ1) is 9.49. The van der Waals surface area contributed by atoms with E-state index in [1.807, 2.05) is 0 Å². The Morgan fingerprint density at radius 1 is 1.14 bits per heavy atom. The molecule has 1 atom stereocenters. The quantitative estimate of drug-likeness (QED) is 0.367. The third kappa shape index (κ3) is 9.55. The van der Waals surface area contributed by atoms with Gasteiger partial charge < -0.3 is 11.1 Å². The number of guanidine groups is 1. The van der Waals surface area contributed by atoms with Crippen LogP contribution in [0.15, 0.2) is 4.99 Å². The van der Waals surface area contributed by atoms with Gasteiger partial charge in [0.1, 0.15) is 0 Å². The van der Waals surface area contributed by atoms with Crippen molar-refractivity contribution in [3.63, 3.8) is 0 Å². The van der Waals surface area contributed by atoms with Gasteiger partial charge in [-0.2, -0.15) is 0 Å².